The van der Waals surface area contributed by atoms with Crippen LogP contribution in [0.25, 0.3) is 11.1 Å². The highest BCUT2D eigenvalue weighted by Gasteiger charge is 2.44. The van der Waals surface area contributed by atoms with Gasteiger partial charge in [-0.05, 0) is 17.7 Å². The Morgan fingerprint density at radius 2 is 1.48 bits per heavy atom. The molecule has 0 aromatic heterocycles. The molecule has 0 amide bonds. The molecule has 1 atom stereocenters. The molecule has 4 nitrogen and oxygen atoms in total. The number of carbonyl (C=O) groups is 1. The minimum Gasteiger partial charge on any atom is -0.453 e. The minimum absolute atomic E-state index is 0.0524. The van der Waals surface area contributed by atoms with E-state index in [9.17, 15) is 9.36 Å². The summed E-state index contributed by atoms with van der Waals surface area (Å²) in [6.45, 7) is 0.0524. The molecule has 1 aliphatic heterocycles. The van der Waals surface area contributed by atoms with Crippen molar-refractivity contribution in [3.63, 3.8) is 0 Å². The van der Waals surface area contributed by atoms with Gasteiger partial charge < -0.3 is 9.26 Å². The normalized spacial score (nSPS) is 17.8. The Morgan fingerprint density at radius 3 is 2.28 bits per heavy atom. The number of ether oxygens (including phenoxy) is 1. The van der Waals surface area contributed by atoms with E-state index in [0.29, 0.717) is 11.1 Å². The second-order valence-electron chi connectivity index (χ2n) is 5.70. The van der Waals surface area contributed by atoms with Crippen LogP contribution in [0.2, 0.25) is 0 Å². The first-order valence-corrected chi connectivity index (χ1v) is 9.51. The summed E-state index contributed by atoms with van der Waals surface area (Å²) >= 11 is 0. The first-order valence-electron chi connectivity index (χ1n) is 7.88. The van der Waals surface area contributed by atoms with Crippen LogP contribution in [-0.2, 0) is 15.9 Å². The van der Waals surface area contributed by atoms with Crippen molar-refractivity contribution in [3.05, 3.63) is 84.4 Å². The third-order valence-corrected chi connectivity index (χ3v) is 6.16. The highest BCUT2D eigenvalue weighted by molar-refractivity contribution is 7.83. The second-order valence-corrected chi connectivity index (χ2v) is 7.83. The lowest BCUT2D eigenvalue weighted by Crippen LogP contribution is -2.23. The standard InChI is InChI=1S/C20H15O4P/c21-20(23-14-15-8-2-1-3-9-15)25(22)19-13-7-5-11-17(19)16-10-4-6-12-18(16)24-25/h1-13H,14H2. The van der Waals surface area contributed by atoms with E-state index in [-0.39, 0.29) is 6.61 Å². The fraction of sp³-hybridized carbons (Fsp3) is 0.0500. The zero-order valence-corrected chi connectivity index (χ0v) is 14.2. The Balaban J connectivity index is 1.69. The van der Waals surface area contributed by atoms with E-state index >= 15 is 0 Å². The molecule has 0 fully saturated rings. The van der Waals surface area contributed by atoms with Crippen molar-refractivity contribution in [2.45, 2.75) is 6.61 Å². The lowest BCUT2D eigenvalue weighted by Gasteiger charge is -2.26. The van der Waals surface area contributed by atoms with Gasteiger partial charge in [0.2, 0.25) is 0 Å². The quantitative estimate of drug-likeness (QED) is 0.625. The number of carbonyl (C=O) groups excluding carboxylic acids is 1. The van der Waals surface area contributed by atoms with Crippen LogP contribution in [0, 0.1) is 0 Å². The van der Waals surface area contributed by atoms with Gasteiger partial charge in [0.15, 0.2) is 0 Å². The van der Waals surface area contributed by atoms with Gasteiger partial charge in [-0.2, -0.15) is 0 Å². The van der Waals surface area contributed by atoms with Gasteiger partial charge in [-0.15, -0.1) is 0 Å². The Labute approximate surface area is 145 Å². The van der Waals surface area contributed by atoms with Gasteiger partial charge in [0, 0.05) is 11.1 Å². The van der Waals surface area contributed by atoms with Gasteiger partial charge in [-0.25, -0.2) is 4.79 Å². The molecule has 5 heteroatoms. The fourth-order valence-electron chi connectivity index (χ4n) is 2.85. The Hall–Kier alpha value is -2.84. The Morgan fingerprint density at radius 1 is 0.840 bits per heavy atom. The van der Waals surface area contributed by atoms with Crippen molar-refractivity contribution in [1.82, 2.24) is 0 Å². The highest BCUT2D eigenvalue weighted by atomic mass is 31.2. The molecule has 3 aromatic carbocycles. The van der Waals surface area contributed by atoms with Crippen LogP contribution >= 0.6 is 7.37 Å². The highest BCUT2D eigenvalue weighted by Crippen LogP contribution is 2.55. The summed E-state index contributed by atoms with van der Waals surface area (Å²) < 4.78 is 24.4. The first-order chi connectivity index (χ1) is 12.2. The molecule has 0 saturated heterocycles. The Kier molecular flexibility index (Phi) is 3.90. The van der Waals surface area contributed by atoms with Crippen LogP contribution in [0.3, 0.4) is 0 Å². The maximum absolute atomic E-state index is 13.4. The molecule has 3 aromatic rings. The molecule has 1 heterocycles. The minimum atomic E-state index is -3.82. The number of para-hydroxylation sites is 1. The van der Waals surface area contributed by atoms with Crippen LogP contribution in [0.5, 0.6) is 5.75 Å². The summed E-state index contributed by atoms with van der Waals surface area (Å²) in [5.41, 5.74) is 1.55. The Bertz CT molecular complexity index is 982. The lowest BCUT2D eigenvalue weighted by molar-refractivity contribution is 0.163. The van der Waals surface area contributed by atoms with Crippen molar-refractivity contribution < 1.29 is 18.6 Å². The zero-order valence-electron chi connectivity index (χ0n) is 13.3. The van der Waals surface area contributed by atoms with Crippen LogP contribution < -0.4 is 9.83 Å². The molecule has 0 radical (unpaired) electrons. The van der Waals surface area contributed by atoms with Crippen LogP contribution in [-0.4, -0.2) is 5.71 Å². The van der Waals surface area contributed by atoms with Crippen LogP contribution in [0.15, 0.2) is 78.9 Å². The monoisotopic (exact) mass is 350 g/mol. The molecule has 124 valence electrons. The number of hydrogen-bond donors (Lipinski definition) is 0. The summed E-state index contributed by atoms with van der Waals surface area (Å²) in [6.07, 6.45) is 0. The van der Waals surface area contributed by atoms with E-state index in [0.717, 1.165) is 16.7 Å². The molecule has 0 bridgehead atoms. The molecule has 0 N–H and O–H groups in total. The van der Waals surface area contributed by atoms with Crippen molar-refractivity contribution >= 4 is 18.4 Å². The van der Waals surface area contributed by atoms with E-state index in [1.54, 1.807) is 24.3 Å². The fourth-order valence-corrected chi connectivity index (χ4v) is 4.69. The SMILES string of the molecule is O=C(OCc1ccccc1)P1(=O)Oc2ccccc2-c2ccccc21. The molecule has 0 saturated carbocycles. The van der Waals surface area contributed by atoms with Crippen molar-refractivity contribution in [1.29, 1.82) is 0 Å². The molecule has 25 heavy (non-hydrogen) atoms. The molecule has 1 aliphatic rings. The number of benzene rings is 3. The average Bonchev–Trinajstić information content (AvgIpc) is 2.67. The summed E-state index contributed by atoms with van der Waals surface area (Å²) in [5, 5.41) is 0.381. The predicted molar refractivity (Wildman–Crippen MR) is 96.4 cm³/mol. The molecular formula is C20H15O4P. The number of rotatable bonds is 3. The van der Waals surface area contributed by atoms with Gasteiger partial charge in [0.1, 0.15) is 12.4 Å². The van der Waals surface area contributed by atoms with Gasteiger partial charge in [0.05, 0.1) is 5.30 Å². The van der Waals surface area contributed by atoms with Crippen molar-refractivity contribution in [3.8, 4) is 16.9 Å². The van der Waals surface area contributed by atoms with Gasteiger partial charge in [-0.3, -0.25) is 4.57 Å². The van der Waals surface area contributed by atoms with Crippen LogP contribution in [0.1, 0.15) is 5.56 Å². The third kappa shape index (κ3) is 2.75. The molecular weight excluding hydrogens is 335 g/mol. The van der Waals surface area contributed by atoms with E-state index in [2.05, 4.69) is 0 Å². The van der Waals surface area contributed by atoms with Gasteiger partial charge in [-0.1, -0.05) is 66.7 Å². The van der Waals surface area contributed by atoms with E-state index in [1.165, 1.54) is 0 Å². The largest absolute Gasteiger partial charge is 0.453 e. The predicted octanol–water partition coefficient (Wildman–Crippen LogP) is 4.99. The van der Waals surface area contributed by atoms with Crippen LogP contribution in [0.4, 0.5) is 4.79 Å². The van der Waals surface area contributed by atoms with Crippen molar-refractivity contribution in [2.24, 2.45) is 0 Å². The topological polar surface area (TPSA) is 52.6 Å². The average molecular weight is 350 g/mol. The molecule has 0 spiro atoms. The molecule has 1 unspecified atom stereocenters. The van der Waals surface area contributed by atoms with E-state index in [1.807, 2.05) is 54.6 Å². The van der Waals surface area contributed by atoms with Crippen molar-refractivity contribution in [2.75, 3.05) is 0 Å². The smallest absolute Gasteiger partial charge is 0.408 e. The van der Waals surface area contributed by atoms with Gasteiger partial charge >= 0.3 is 13.1 Å². The summed E-state index contributed by atoms with van der Waals surface area (Å²) in [4.78, 5) is 12.7. The van der Waals surface area contributed by atoms with Gasteiger partial charge in [0.25, 0.3) is 0 Å². The van der Waals surface area contributed by atoms with E-state index in [4.69, 9.17) is 9.26 Å². The zero-order chi connectivity index (χ0) is 17.3. The summed E-state index contributed by atoms with van der Waals surface area (Å²) in [7, 11) is -3.82. The third-order valence-electron chi connectivity index (χ3n) is 4.07. The summed E-state index contributed by atoms with van der Waals surface area (Å²) in [5.74, 6) is 0.432. The first kappa shape index (κ1) is 15.7. The second kappa shape index (κ2) is 6.23. The molecule has 4 rings (SSSR count). The number of fused-ring (bicyclic) bond motifs is 3. The number of hydrogen-bond acceptors (Lipinski definition) is 4. The maximum Gasteiger partial charge on any atom is 0.408 e. The van der Waals surface area contributed by atoms with E-state index < -0.39 is 13.1 Å². The molecule has 0 aliphatic carbocycles. The summed E-state index contributed by atoms with van der Waals surface area (Å²) in [6, 6.07) is 23.6. The lowest BCUT2D eigenvalue weighted by atomic mass is 10.0. The maximum atomic E-state index is 13.4.